The second-order valence-corrected chi connectivity index (χ2v) is 7.47. The first-order chi connectivity index (χ1) is 12.1. The summed E-state index contributed by atoms with van der Waals surface area (Å²) >= 11 is 0. The van der Waals surface area contributed by atoms with E-state index in [0.29, 0.717) is 6.04 Å². The Balaban J connectivity index is 1.32. The monoisotopic (exact) mass is 341 g/mol. The molecule has 6 nitrogen and oxygen atoms in total. The van der Waals surface area contributed by atoms with Gasteiger partial charge < -0.3 is 15.2 Å². The van der Waals surface area contributed by atoms with Crippen molar-refractivity contribution in [2.24, 2.45) is 0 Å². The second kappa shape index (κ2) is 6.67. The Morgan fingerprint density at radius 2 is 2.04 bits per heavy atom. The quantitative estimate of drug-likeness (QED) is 0.902. The maximum atomic E-state index is 12.5. The molecule has 1 aromatic heterocycles. The molecule has 2 saturated heterocycles. The predicted octanol–water partition coefficient (Wildman–Crippen LogP) is 2.81. The second-order valence-electron chi connectivity index (χ2n) is 7.47. The van der Waals surface area contributed by atoms with E-state index in [1.807, 2.05) is 17.9 Å². The van der Waals surface area contributed by atoms with E-state index >= 15 is 0 Å². The van der Waals surface area contributed by atoms with Crippen LogP contribution in [0.4, 0.5) is 4.79 Å². The number of imidazole rings is 1. The van der Waals surface area contributed by atoms with Crippen LogP contribution in [0.15, 0.2) is 18.2 Å². The molecule has 2 amide bonds. The molecule has 2 aliphatic heterocycles. The molecule has 0 bridgehead atoms. The molecule has 2 aromatic rings. The molecular formula is C19H27N5O. The highest BCUT2D eigenvalue weighted by atomic mass is 16.2. The molecular weight excluding hydrogens is 314 g/mol. The van der Waals surface area contributed by atoms with E-state index < -0.39 is 0 Å². The van der Waals surface area contributed by atoms with Crippen LogP contribution >= 0.6 is 0 Å². The highest BCUT2D eigenvalue weighted by Crippen LogP contribution is 2.21. The molecule has 1 aromatic carbocycles. The summed E-state index contributed by atoms with van der Waals surface area (Å²) in [6, 6.07) is 6.58. The average Bonchev–Trinajstić information content (AvgIpc) is 2.97. The summed E-state index contributed by atoms with van der Waals surface area (Å²) in [4.78, 5) is 24.8. The fourth-order valence-corrected chi connectivity index (χ4v) is 3.83. The third-order valence-corrected chi connectivity index (χ3v) is 5.46. The zero-order chi connectivity index (χ0) is 17.4. The van der Waals surface area contributed by atoms with Crippen LogP contribution in [0.3, 0.4) is 0 Å². The third kappa shape index (κ3) is 3.35. The number of carbonyl (C=O) groups is 1. The molecule has 2 fully saturated rings. The molecule has 3 heterocycles. The Labute approximate surface area is 148 Å². The van der Waals surface area contributed by atoms with Gasteiger partial charge >= 0.3 is 6.03 Å². The number of fused-ring (bicyclic) bond motifs is 1. The number of aromatic amines is 1. The van der Waals surface area contributed by atoms with Gasteiger partial charge in [0.15, 0.2) is 0 Å². The molecule has 25 heavy (non-hydrogen) atoms. The zero-order valence-corrected chi connectivity index (χ0v) is 15.1. The summed E-state index contributed by atoms with van der Waals surface area (Å²) in [7, 11) is 0. The van der Waals surface area contributed by atoms with Crippen LogP contribution in [0.25, 0.3) is 11.0 Å². The lowest BCUT2D eigenvalue weighted by Crippen LogP contribution is -2.63. The van der Waals surface area contributed by atoms with Crippen molar-refractivity contribution in [2.45, 2.75) is 45.2 Å². The van der Waals surface area contributed by atoms with E-state index in [0.717, 1.165) is 29.9 Å². The van der Waals surface area contributed by atoms with E-state index in [1.54, 1.807) is 0 Å². The van der Waals surface area contributed by atoms with Crippen molar-refractivity contribution in [3.8, 4) is 0 Å². The smallest absolute Gasteiger partial charge is 0.318 e. The Bertz CT molecular complexity index is 758. The van der Waals surface area contributed by atoms with Crippen molar-refractivity contribution in [1.82, 2.24) is 25.1 Å². The van der Waals surface area contributed by atoms with Crippen LogP contribution < -0.4 is 5.32 Å². The summed E-state index contributed by atoms with van der Waals surface area (Å²) < 4.78 is 0. The minimum Gasteiger partial charge on any atom is -0.340 e. The molecule has 2 N–H and O–H groups in total. The molecule has 2 aliphatic rings. The van der Waals surface area contributed by atoms with Crippen LogP contribution in [0.1, 0.15) is 43.6 Å². The van der Waals surface area contributed by atoms with Crippen molar-refractivity contribution in [1.29, 1.82) is 0 Å². The summed E-state index contributed by atoms with van der Waals surface area (Å²) in [6.07, 6.45) is 3.94. The number of piperidine rings is 1. The number of carbonyl (C=O) groups excluding carboxylic acids is 1. The van der Waals surface area contributed by atoms with Gasteiger partial charge in [-0.05, 0) is 57.5 Å². The number of rotatable bonds is 3. The first-order valence-corrected chi connectivity index (χ1v) is 9.36. The summed E-state index contributed by atoms with van der Waals surface area (Å²) in [5.74, 6) is 0.807. The van der Waals surface area contributed by atoms with Crippen molar-refractivity contribution < 1.29 is 4.79 Å². The number of aryl methyl sites for hydroxylation is 1. The number of nitrogens with zero attached hydrogens (tertiary/aromatic N) is 3. The van der Waals surface area contributed by atoms with E-state index in [9.17, 15) is 4.79 Å². The first-order valence-electron chi connectivity index (χ1n) is 9.36. The van der Waals surface area contributed by atoms with Crippen LogP contribution in [0, 0.1) is 6.92 Å². The molecule has 1 unspecified atom stereocenters. The predicted molar refractivity (Wildman–Crippen MR) is 98.6 cm³/mol. The lowest BCUT2D eigenvalue weighted by Gasteiger charge is -2.46. The number of H-pyrrole nitrogens is 1. The van der Waals surface area contributed by atoms with Gasteiger partial charge in [0.1, 0.15) is 5.82 Å². The number of hydrogen-bond donors (Lipinski definition) is 2. The Morgan fingerprint density at radius 1 is 1.28 bits per heavy atom. The third-order valence-electron chi connectivity index (χ3n) is 5.46. The van der Waals surface area contributed by atoms with Crippen molar-refractivity contribution >= 4 is 17.1 Å². The normalized spacial score (nSPS) is 20.5. The standard InChI is InChI=1S/C19H27N5O/c1-13-6-7-16-17(10-13)22-18(21-16)14(2)20-19(25)24-11-15(12-24)23-8-4-3-5-9-23/h6-7,10,14-15H,3-5,8-9,11-12H2,1-2H3,(H,20,25)(H,21,22). The van der Waals surface area contributed by atoms with Gasteiger partial charge in [-0.1, -0.05) is 12.5 Å². The first kappa shape index (κ1) is 16.4. The minimum absolute atomic E-state index is 0.0115. The van der Waals surface area contributed by atoms with Gasteiger partial charge in [0.2, 0.25) is 0 Å². The molecule has 134 valence electrons. The van der Waals surface area contributed by atoms with Crippen LogP contribution in [-0.2, 0) is 0 Å². The molecule has 0 aliphatic carbocycles. The summed E-state index contributed by atoms with van der Waals surface area (Å²) in [6.45, 7) is 8.11. The number of benzene rings is 1. The van der Waals surface area contributed by atoms with Crippen LogP contribution in [0.5, 0.6) is 0 Å². The fraction of sp³-hybridized carbons (Fsp3) is 0.579. The lowest BCUT2D eigenvalue weighted by atomic mass is 10.0. The SMILES string of the molecule is Cc1ccc2nc(C(C)NC(=O)N3CC(N4CCCCC4)C3)[nH]c2c1. The molecule has 6 heteroatoms. The van der Waals surface area contributed by atoms with Gasteiger partial charge in [0.05, 0.1) is 17.1 Å². The Morgan fingerprint density at radius 3 is 2.80 bits per heavy atom. The van der Waals surface area contributed by atoms with E-state index in [1.165, 1.54) is 37.9 Å². The molecule has 1 atom stereocenters. The van der Waals surface area contributed by atoms with E-state index in [4.69, 9.17) is 0 Å². The van der Waals surface area contributed by atoms with Gasteiger partial charge in [-0.2, -0.15) is 0 Å². The largest absolute Gasteiger partial charge is 0.340 e. The number of urea groups is 1. The van der Waals surface area contributed by atoms with Gasteiger partial charge in [-0.3, -0.25) is 4.90 Å². The molecule has 0 saturated carbocycles. The van der Waals surface area contributed by atoms with Crippen LogP contribution in [0.2, 0.25) is 0 Å². The van der Waals surface area contributed by atoms with Gasteiger partial charge in [0.25, 0.3) is 0 Å². The van der Waals surface area contributed by atoms with Gasteiger partial charge in [0, 0.05) is 19.1 Å². The highest BCUT2D eigenvalue weighted by molar-refractivity contribution is 5.77. The zero-order valence-electron chi connectivity index (χ0n) is 15.1. The van der Waals surface area contributed by atoms with Crippen LogP contribution in [-0.4, -0.2) is 58.0 Å². The number of aromatic nitrogens is 2. The van der Waals surface area contributed by atoms with Gasteiger partial charge in [-0.25, -0.2) is 9.78 Å². The van der Waals surface area contributed by atoms with Gasteiger partial charge in [-0.15, -0.1) is 0 Å². The van der Waals surface area contributed by atoms with E-state index in [-0.39, 0.29) is 12.1 Å². The molecule has 4 rings (SSSR count). The van der Waals surface area contributed by atoms with Crippen molar-refractivity contribution in [3.05, 3.63) is 29.6 Å². The number of nitrogens with one attached hydrogen (secondary N) is 2. The fourth-order valence-electron chi connectivity index (χ4n) is 3.83. The maximum Gasteiger partial charge on any atom is 0.318 e. The summed E-state index contributed by atoms with van der Waals surface area (Å²) in [5, 5.41) is 3.07. The molecule has 0 spiro atoms. The Hall–Kier alpha value is -2.08. The summed E-state index contributed by atoms with van der Waals surface area (Å²) in [5.41, 5.74) is 3.16. The number of hydrogen-bond acceptors (Lipinski definition) is 3. The number of amides is 2. The van der Waals surface area contributed by atoms with Crippen molar-refractivity contribution in [2.75, 3.05) is 26.2 Å². The lowest BCUT2D eigenvalue weighted by molar-refractivity contribution is 0.0443. The average molecular weight is 341 g/mol. The minimum atomic E-state index is -0.130. The maximum absolute atomic E-state index is 12.5. The molecule has 0 radical (unpaired) electrons. The van der Waals surface area contributed by atoms with Crippen molar-refractivity contribution in [3.63, 3.8) is 0 Å². The highest BCUT2D eigenvalue weighted by Gasteiger charge is 2.35. The Kier molecular flexibility index (Phi) is 4.37. The topological polar surface area (TPSA) is 64.3 Å². The van der Waals surface area contributed by atoms with E-state index in [2.05, 4.69) is 39.2 Å². The number of likely N-dealkylation sites (tertiary alicyclic amines) is 2.